The van der Waals surface area contributed by atoms with Crippen LogP contribution in [0.4, 0.5) is 0 Å². The monoisotopic (exact) mass is 351 g/mol. The molecule has 0 aliphatic carbocycles. The molecule has 0 fully saturated rings. The van der Waals surface area contributed by atoms with Gasteiger partial charge in [-0.1, -0.05) is 29.8 Å². The second-order valence-corrected chi connectivity index (χ2v) is 5.93. The number of carboxylic acid groups (broad SMARTS) is 1. The van der Waals surface area contributed by atoms with Crippen LogP contribution in [-0.2, 0) is 6.54 Å². The fourth-order valence-corrected chi connectivity index (χ4v) is 2.52. The van der Waals surface area contributed by atoms with E-state index in [4.69, 9.17) is 9.84 Å². The number of ether oxygens (including phenoxy) is 1. The molecule has 26 heavy (non-hydrogen) atoms. The van der Waals surface area contributed by atoms with Crippen LogP contribution in [0.1, 0.15) is 21.5 Å². The Hall–Kier alpha value is -3.54. The van der Waals surface area contributed by atoms with Crippen molar-refractivity contribution in [3.05, 3.63) is 87.8 Å². The number of nitrogens with zero attached hydrogens (tertiary/aromatic N) is 1. The first-order chi connectivity index (χ1) is 12.4. The second kappa shape index (κ2) is 7.14. The van der Waals surface area contributed by atoms with Gasteiger partial charge in [-0.2, -0.15) is 0 Å². The van der Waals surface area contributed by atoms with Crippen molar-refractivity contribution in [3.63, 3.8) is 0 Å². The Kier molecular flexibility index (Phi) is 4.75. The molecule has 3 rings (SSSR count). The maximum Gasteiger partial charge on any atom is 0.341 e. The van der Waals surface area contributed by atoms with Crippen LogP contribution < -0.4 is 10.2 Å². The van der Waals surface area contributed by atoms with E-state index in [-0.39, 0.29) is 6.54 Å². The quantitative estimate of drug-likeness (QED) is 0.735. The van der Waals surface area contributed by atoms with E-state index in [0.29, 0.717) is 11.5 Å². The van der Waals surface area contributed by atoms with Crippen LogP contribution in [0.15, 0.2) is 65.7 Å². The predicted octanol–water partition coefficient (Wildman–Crippen LogP) is 3.40. The third kappa shape index (κ3) is 3.92. The summed E-state index contributed by atoms with van der Waals surface area (Å²) in [4.78, 5) is 22.7. The minimum Gasteiger partial charge on any atom is -0.503 e. The van der Waals surface area contributed by atoms with Gasteiger partial charge in [-0.3, -0.25) is 4.79 Å². The Morgan fingerprint density at radius 3 is 2.50 bits per heavy atom. The summed E-state index contributed by atoms with van der Waals surface area (Å²) < 4.78 is 7.26. The fourth-order valence-electron chi connectivity index (χ4n) is 2.52. The molecule has 0 aliphatic rings. The lowest BCUT2D eigenvalue weighted by Crippen LogP contribution is -2.17. The molecular weight excluding hydrogens is 334 g/mol. The molecule has 0 saturated heterocycles. The molecule has 0 spiro atoms. The topological polar surface area (TPSA) is 88.8 Å². The zero-order valence-corrected chi connectivity index (χ0v) is 14.0. The van der Waals surface area contributed by atoms with Gasteiger partial charge in [0, 0.05) is 12.7 Å². The number of hydrogen-bond donors (Lipinski definition) is 2. The SMILES string of the molecule is Cc1ccc(Oc2cccc(Cn3cc(O)c(=O)c(C(=O)O)c3)c2)cc1. The zero-order valence-electron chi connectivity index (χ0n) is 14.0. The van der Waals surface area contributed by atoms with E-state index >= 15 is 0 Å². The van der Waals surface area contributed by atoms with Crippen molar-refractivity contribution < 1.29 is 19.7 Å². The Morgan fingerprint density at radius 1 is 1.08 bits per heavy atom. The van der Waals surface area contributed by atoms with Crippen LogP contribution in [-0.4, -0.2) is 20.7 Å². The zero-order chi connectivity index (χ0) is 18.7. The summed E-state index contributed by atoms with van der Waals surface area (Å²) in [5.74, 6) is -0.634. The summed E-state index contributed by atoms with van der Waals surface area (Å²) in [6.07, 6.45) is 2.42. The molecule has 0 unspecified atom stereocenters. The molecule has 2 N–H and O–H groups in total. The van der Waals surface area contributed by atoms with Gasteiger partial charge in [-0.15, -0.1) is 0 Å². The number of aromatic carboxylic acids is 1. The highest BCUT2D eigenvalue weighted by Crippen LogP contribution is 2.23. The Morgan fingerprint density at radius 2 is 1.81 bits per heavy atom. The first-order valence-electron chi connectivity index (χ1n) is 7.92. The highest BCUT2D eigenvalue weighted by molar-refractivity contribution is 5.87. The summed E-state index contributed by atoms with van der Waals surface area (Å²) in [6, 6.07) is 15.0. The molecule has 0 atom stereocenters. The fraction of sp³-hybridized carbons (Fsp3) is 0.100. The highest BCUT2D eigenvalue weighted by atomic mass is 16.5. The minimum absolute atomic E-state index is 0.277. The normalized spacial score (nSPS) is 10.5. The number of carbonyl (C=O) groups is 1. The smallest absolute Gasteiger partial charge is 0.341 e. The summed E-state index contributed by atoms with van der Waals surface area (Å²) in [5.41, 5.74) is 0.592. The van der Waals surface area contributed by atoms with Crippen LogP contribution in [0.5, 0.6) is 17.2 Å². The lowest BCUT2D eigenvalue weighted by Gasteiger charge is -2.11. The molecule has 3 aromatic rings. The van der Waals surface area contributed by atoms with Gasteiger partial charge in [-0.25, -0.2) is 4.79 Å². The van der Waals surface area contributed by atoms with Crippen molar-refractivity contribution in [3.8, 4) is 17.2 Å². The van der Waals surface area contributed by atoms with E-state index in [1.54, 1.807) is 0 Å². The Balaban J connectivity index is 1.84. The molecule has 1 heterocycles. The molecule has 0 saturated carbocycles. The third-order valence-electron chi connectivity index (χ3n) is 3.81. The lowest BCUT2D eigenvalue weighted by atomic mass is 10.2. The number of pyridine rings is 1. The van der Waals surface area contributed by atoms with Gasteiger partial charge in [-0.05, 0) is 36.8 Å². The van der Waals surface area contributed by atoms with Crippen LogP contribution in [0.3, 0.4) is 0 Å². The molecule has 132 valence electrons. The van der Waals surface area contributed by atoms with Gasteiger partial charge in [0.15, 0.2) is 5.75 Å². The number of carboxylic acids is 1. The first kappa shape index (κ1) is 17.3. The highest BCUT2D eigenvalue weighted by Gasteiger charge is 2.13. The molecule has 0 aliphatic heterocycles. The number of rotatable bonds is 5. The van der Waals surface area contributed by atoms with E-state index in [1.165, 1.54) is 17.0 Å². The van der Waals surface area contributed by atoms with Crippen LogP contribution >= 0.6 is 0 Å². The van der Waals surface area contributed by atoms with E-state index in [2.05, 4.69) is 0 Å². The van der Waals surface area contributed by atoms with Crippen molar-refractivity contribution in [1.29, 1.82) is 0 Å². The van der Waals surface area contributed by atoms with E-state index in [0.717, 1.165) is 11.1 Å². The second-order valence-electron chi connectivity index (χ2n) is 5.93. The van der Waals surface area contributed by atoms with Gasteiger partial charge in [0.1, 0.15) is 17.1 Å². The maximum atomic E-state index is 11.6. The molecule has 6 heteroatoms. The number of aromatic hydroxyl groups is 1. The molecule has 0 radical (unpaired) electrons. The number of aromatic nitrogens is 1. The molecule has 1 aromatic heterocycles. The first-order valence-corrected chi connectivity index (χ1v) is 7.92. The molecule has 0 bridgehead atoms. The van der Waals surface area contributed by atoms with Crippen molar-refractivity contribution in [1.82, 2.24) is 4.57 Å². The van der Waals surface area contributed by atoms with Crippen molar-refractivity contribution in [2.24, 2.45) is 0 Å². The summed E-state index contributed by atoms with van der Waals surface area (Å²) in [7, 11) is 0. The van der Waals surface area contributed by atoms with Gasteiger partial charge in [0.2, 0.25) is 5.43 Å². The average molecular weight is 351 g/mol. The lowest BCUT2D eigenvalue weighted by molar-refractivity contribution is 0.0694. The minimum atomic E-state index is -1.38. The molecule has 2 aromatic carbocycles. The number of hydrogen-bond acceptors (Lipinski definition) is 4. The van der Waals surface area contributed by atoms with Crippen LogP contribution in [0.2, 0.25) is 0 Å². The van der Waals surface area contributed by atoms with Crippen molar-refractivity contribution in [2.75, 3.05) is 0 Å². The van der Waals surface area contributed by atoms with Crippen LogP contribution in [0.25, 0.3) is 0 Å². The molecular formula is C20H17NO5. The van der Waals surface area contributed by atoms with Gasteiger partial charge in [0.05, 0.1) is 6.20 Å². The molecule has 6 nitrogen and oxygen atoms in total. The standard InChI is InChI=1S/C20H17NO5/c1-13-5-7-15(8-6-13)26-16-4-2-3-14(9-16)10-21-11-17(20(24)25)19(23)18(22)12-21/h2-9,11-12,22H,10H2,1H3,(H,24,25). The summed E-state index contributed by atoms with van der Waals surface area (Å²) >= 11 is 0. The van der Waals surface area contributed by atoms with Gasteiger partial charge < -0.3 is 19.5 Å². The predicted molar refractivity (Wildman–Crippen MR) is 96.1 cm³/mol. The number of benzene rings is 2. The summed E-state index contributed by atoms with van der Waals surface area (Å²) in [5, 5.41) is 18.7. The van der Waals surface area contributed by atoms with Crippen molar-refractivity contribution >= 4 is 5.97 Å². The van der Waals surface area contributed by atoms with Crippen molar-refractivity contribution in [2.45, 2.75) is 13.5 Å². The van der Waals surface area contributed by atoms with Gasteiger partial charge >= 0.3 is 5.97 Å². The van der Waals surface area contributed by atoms with Crippen LogP contribution in [0, 0.1) is 6.92 Å². The molecule has 0 amide bonds. The summed E-state index contributed by atoms with van der Waals surface area (Å²) in [6.45, 7) is 2.27. The maximum absolute atomic E-state index is 11.6. The largest absolute Gasteiger partial charge is 0.503 e. The number of aryl methyl sites for hydroxylation is 1. The van der Waals surface area contributed by atoms with E-state index in [1.807, 2.05) is 55.5 Å². The van der Waals surface area contributed by atoms with E-state index < -0.39 is 22.7 Å². The third-order valence-corrected chi connectivity index (χ3v) is 3.81. The Bertz CT molecular complexity index is 1010. The van der Waals surface area contributed by atoms with E-state index in [9.17, 15) is 14.7 Å². The van der Waals surface area contributed by atoms with Gasteiger partial charge in [0.25, 0.3) is 0 Å². The Labute approximate surface area is 149 Å². The average Bonchev–Trinajstić information content (AvgIpc) is 2.60.